The van der Waals surface area contributed by atoms with Crippen molar-refractivity contribution in [3.05, 3.63) is 0 Å². The lowest BCUT2D eigenvalue weighted by molar-refractivity contribution is 0.508. The van der Waals surface area contributed by atoms with Gasteiger partial charge >= 0.3 is 0 Å². The summed E-state index contributed by atoms with van der Waals surface area (Å²) in [5.41, 5.74) is 0. The van der Waals surface area contributed by atoms with Crippen molar-refractivity contribution in [2.24, 2.45) is 11.8 Å². The minimum absolute atomic E-state index is 0.288. The molecule has 1 rings (SSSR count). The van der Waals surface area contributed by atoms with E-state index in [-0.39, 0.29) is 5.75 Å². The molecule has 0 saturated heterocycles. The first-order chi connectivity index (χ1) is 7.41. The molecule has 0 amide bonds. The van der Waals surface area contributed by atoms with Crippen LogP contribution < -0.4 is 5.32 Å². The van der Waals surface area contributed by atoms with Gasteiger partial charge in [0.1, 0.15) is 0 Å². The third-order valence-electron chi connectivity index (χ3n) is 3.21. The van der Waals surface area contributed by atoms with Gasteiger partial charge in [-0.1, -0.05) is 13.8 Å². The predicted octanol–water partition coefficient (Wildman–Crippen LogP) is 1.84. The van der Waals surface area contributed by atoms with Crippen molar-refractivity contribution in [2.75, 3.05) is 18.1 Å². The molecule has 16 heavy (non-hydrogen) atoms. The lowest BCUT2D eigenvalue weighted by Gasteiger charge is -2.12. The summed E-state index contributed by atoms with van der Waals surface area (Å²) in [6, 6.07) is 0.486. The Hall–Kier alpha value is -0.0900. The molecule has 0 radical (unpaired) electrons. The second kappa shape index (κ2) is 6.01. The minimum atomic E-state index is -2.84. The van der Waals surface area contributed by atoms with Gasteiger partial charge in [0.05, 0.1) is 11.5 Å². The first-order valence-corrected chi connectivity index (χ1v) is 8.16. The zero-order chi connectivity index (χ0) is 12.2. The quantitative estimate of drug-likeness (QED) is 0.712. The molecule has 3 nitrogen and oxygen atoms in total. The molecule has 0 aromatic rings. The largest absolute Gasteiger partial charge is 0.313 e. The minimum Gasteiger partial charge on any atom is -0.313 e. The van der Waals surface area contributed by atoms with Crippen LogP contribution in [-0.2, 0) is 9.84 Å². The first-order valence-electron chi connectivity index (χ1n) is 6.34. The summed E-state index contributed by atoms with van der Waals surface area (Å²) in [5.74, 6) is 1.88. The van der Waals surface area contributed by atoms with Gasteiger partial charge in [0.25, 0.3) is 0 Å². The van der Waals surface area contributed by atoms with E-state index >= 15 is 0 Å². The van der Waals surface area contributed by atoms with Gasteiger partial charge in [-0.05, 0) is 38.0 Å². The van der Waals surface area contributed by atoms with E-state index in [9.17, 15) is 8.42 Å². The summed E-state index contributed by atoms with van der Waals surface area (Å²) < 4.78 is 23.3. The van der Waals surface area contributed by atoms with E-state index in [0.717, 1.165) is 12.3 Å². The molecule has 0 bridgehead atoms. The smallest absolute Gasteiger partial charge is 0.151 e. The van der Waals surface area contributed by atoms with Crippen molar-refractivity contribution in [3.63, 3.8) is 0 Å². The highest BCUT2D eigenvalue weighted by atomic mass is 32.2. The van der Waals surface area contributed by atoms with E-state index in [1.54, 1.807) is 0 Å². The molecule has 96 valence electrons. The normalized spacial score (nSPS) is 19.0. The Morgan fingerprint density at radius 1 is 1.19 bits per heavy atom. The third kappa shape index (κ3) is 5.85. The lowest BCUT2D eigenvalue weighted by atomic mass is 10.2. The van der Waals surface area contributed by atoms with E-state index in [4.69, 9.17) is 0 Å². The van der Waals surface area contributed by atoms with Crippen LogP contribution in [0, 0.1) is 11.8 Å². The van der Waals surface area contributed by atoms with Crippen LogP contribution in [0.1, 0.15) is 40.0 Å². The zero-order valence-electron chi connectivity index (χ0n) is 10.7. The van der Waals surface area contributed by atoms with Gasteiger partial charge in [-0.25, -0.2) is 8.42 Å². The average molecular weight is 247 g/mol. The number of hydrogen-bond acceptors (Lipinski definition) is 3. The highest BCUT2D eigenvalue weighted by Gasteiger charge is 2.27. The average Bonchev–Trinajstić information content (AvgIpc) is 2.97. The lowest BCUT2D eigenvalue weighted by Crippen LogP contribution is -2.33. The van der Waals surface area contributed by atoms with E-state index < -0.39 is 9.84 Å². The molecule has 1 saturated carbocycles. The van der Waals surface area contributed by atoms with Crippen LogP contribution in [0.2, 0.25) is 0 Å². The summed E-state index contributed by atoms with van der Waals surface area (Å²) >= 11 is 0. The van der Waals surface area contributed by atoms with Gasteiger partial charge in [0, 0.05) is 12.6 Å². The molecule has 0 aromatic heterocycles. The van der Waals surface area contributed by atoms with Crippen LogP contribution in [0.25, 0.3) is 0 Å². The molecule has 0 aliphatic heterocycles. The first kappa shape index (κ1) is 14.0. The second-order valence-electron chi connectivity index (χ2n) is 5.41. The van der Waals surface area contributed by atoms with Crippen LogP contribution in [0.4, 0.5) is 0 Å². The van der Waals surface area contributed by atoms with E-state index in [0.29, 0.717) is 24.3 Å². The highest BCUT2D eigenvalue weighted by molar-refractivity contribution is 7.91. The monoisotopic (exact) mass is 247 g/mol. The van der Waals surface area contributed by atoms with E-state index in [1.807, 2.05) is 0 Å². The van der Waals surface area contributed by atoms with Gasteiger partial charge in [0.2, 0.25) is 0 Å². The summed E-state index contributed by atoms with van der Waals surface area (Å²) in [6.45, 7) is 6.88. The zero-order valence-corrected chi connectivity index (χ0v) is 11.5. The Balaban J connectivity index is 2.14. The Morgan fingerprint density at radius 3 is 2.31 bits per heavy atom. The summed E-state index contributed by atoms with van der Waals surface area (Å²) in [5, 5.41) is 3.31. The standard InChI is InChI=1S/C12H25NO2S/c1-10(2)6-8-16(14,15)9-7-13-11(3)12-4-5-12/h10-13H,4-9H2,1-3H3. The maximum absolute atomic E-state index is 11.7. The van der Waals surface area contributed by atoms with Crippen LogP contribution >= 0.6 is 0 Å². The van der Waals surface area contributed by atoms with Gasteiger partial charge < -0.3 is 5.32 Å². The van der Waals surface area contributed by atoms with Crippen LogP contribution in [0.15, 0.2) is 0 Å². The Kier molecular flexibility index (Phi) is 5.25. The fourth-order valence-corrected chi connectivity index (χ4v) is 3.19. The van der Waals surface area contributed by atoms with Crippen molar-refractivity contribution >= 4 is 9.84 Å². The molecule has 4 heteroatoms. The molecule has 0 spiro atoms. The van der Waals surface area contributed by atoms with Gasteiger partial charge in [-0.15, -0.1) is 0 Å². The number of hydrogen-bond donors (Lipinski definition) is 1. The topological polar surface area (TPSA) is 46.2 Å². The molecule has 1 unspecified atom stereocenters. The van der Waals surface area contributed by atoms with Gasteiger partial charge in [0.15, 0.2) is 9.84 Å². The summed E-state index contributed by atoms with van der Waals surface area (Å²) in [7, 11) is -2.84. The molecular weight excluding hydrogens is 222 g/mol. The molecule has 0 heterocycles. The van der Waals surface area contributed by atoms with E-state index in [2.05, 4.69) is 26.1 Å². The number of nitrogens with one attached hydrogen (secondary N) is 1. The van der Waals surface area contributed by atoms with Crippen LogP contribution in [-0.4, -0.2) is 32.5 Å². The molecule has 0 aromatic carbocycles. The second-order valence-corrected chi connectivity index (χ2v) is 7.72. The van der Waals surface area contributed by atoms with Crippen molar-refractivity contribution < 1.29 is 8.42 Å². The van der Waals surface area contributed by atoms with Crippen molar-refractivity contribution in [1.29, 1.82) is 0 Å². The van der Waals surface area contributed by atoms with Crippen LogP contribution in [0.3, 0.4) is 0 Å². The van der Waals surface area contributed by atoms with Crippen molar-refractivity contribution in [1.82, 2.24) is 5.32 Å². The number of sulfone groups is 1. The number of rotatable bonds is 8. The predicted molar refractivity (Wildman–Crippen MR) is 68.3 cm³/mol. The molecule has 1 N–H and O–H groups in total. The summed E-state index contributed by atoms with van der Waals surface area (Å²) in [6.07, 6.45) is 3.38. The van der Waals surface area contributed by atoms with E-state index in [1.165, 1.54) is 12.8 Å². The fourth-order valence-electron chi connectivity index (χ4n) is 1.72. The van der Waals surface area contributed by atoms with Crippen molar-refractivity contribution in [3.8, 4) is 0 Å². The maximum Gasteiger partial charge on any atom is 0.151 e. The highest BCUT2D eigenvalue weighted by Crippen LogP contribution is 2.32. The van der Waals surface area contributed by atoms with Gasteiger partial charge in [-0.3, -0.25) is 0 Å². The Bertz CT molecular complexity index is 294. The fraction of sp³-hybridized carbons (Fsp3) is 1.00. The summed E-state index contributed by atoms with van der Waals surface area (Å²) in [4.78, 5) is 0. The molecule has 1 aliphatic rings. The molecule has 1 fully saturated rings. The molecular formula is C12H25NO2S. The molecule has 1 aliphatic carbocycles. The van der Waals surface area contributed by atoms with Crippen molar-refractivity contribution in [2.45, 2.75) is 46.1 Å². The van der Waals surface area contributed by atoms with Crippen LogP contribution in [0.5, 0.6) is 0 Å². The third-order valence-corrected chi connectivity index (χ3v) is 4.90. The Labute approximate surface area is 99.9 Å². The Morgan fingerprint density at radius 2 is 1.81 bits per heavy atom. The molecule has 1 atom stereocenters. The van der Waals surface area contributed by atoms with Gasteiger partial charge in [-0.2, -0.15) is 0 Å². The maximum atomic E-state index is 11.7. The SMILES string of the molecule is CC(C)CCS(=O)(=O)CCNC(C)C1CC1.